The first-order valence-corrected chi connectivity index (χ1v) is 12.2. The number of tetrazole rings is 1. The predicted molar refractivity (Wildman–Crippen MR) is 109 cm³/mol. The molecular weight excluding hydrogens is 428 g/mol. The van der Waals surface area contributed by atoms with E-state index in [1.54, 1.807) is 25.1 Å². The summed E-state index contributed by atoms with van der Waals surface area (Å²) < 4.78 is 56.4. The molecule has 0 saturated carbocycles. The smallest absolute Gasteiger partial charge is 0.261 e. The van der Waals surface area contributed by atoms with Crippen LogP contribution in [0.4, 0.5) is 5.69 Å². The van der Waals surface area contributed by atoms with Crippen molar-refractivity contribution in [2.45, 2.75) is 29.6 Å². The van der Waals surface area contributed by atoms with Gasteiger partial charge in [0.1, 0.15) is 6.33 Å². The van der Waals surface area contributed by atoms with E-state index in [1.165, 1.54) is 39.6 Å². The molecule has 1 fully saturated rings. The fourth-order valence-electron chi connectivity index (χ4n) is 3.33. The van der Waals surface area contributed by atoms with Crippen LogP contribution >= 0.6 is 0 Å². The molecule has 0 radical (unpaired) electrons. The molecule has 10 nitrogen and oxygen atoms in total. The molecule has 30 heavy (non-hydrogen) atoms. The minimum absolute atomic E-state index is 0.0323. The predicted octanol–water partition coefficient (Wildman–Crippen LogP) is 1.56. The lowest BCUT2D eigenvalue weighted by atomic mass is 10.1. The van der Waals surface area contributed by atoms with E-state index in [9.17, 15) is 16.8 Å². The van der Waals surface area contributed by atoms with Crippen LogP contribution in [0.15, 0.2) is 58.6 Å². The van der Waals surface area contributed by atoms with Crippen LogP contribution in [0.2, 0.25) is 0 Å². The van der Waals surface area contributed by atoms with Gasteiger partial charge in [-0.2, -0.15) is 4.31 Å². The number of nitrogens with one attached hydrogen (secondary N) is 1. The fraction of sp³-hybridized carbons (Fsp3) is 0.278. The van der Waals surface area contributed by atoms with Gasteiger partial charge in [0, 0.05) is 13.1 Å². The summed E-state index contributed by atoms with van der Waals surface area (Å²) in [6, 6.07) is 10.3. The molecule has 0 amide bonds. The highest BCUT2D eigenvalue weighted by Gasteiger charge is 2.27. The molecule has 2 aromatic carbocycles. The Hall–Kier alpha value is -2.83. The molecule has 0 unspecified atom stereocenters. The molecule has 1 N–H and O–H groups in total. The molecule has 2 heterocycles. The third-order valence-electron chi connectivity index (χ3n) is 4.98. The number of rotatable bonds is 6. The van der Waals surface area contributed by atoms with E-state index in [1.807, 2.05) is 0 Å². The molecule has 0 bridgehead atoms. The fourth-order valence-corrected chi connectivity index (χ4v) is 5.97. The van der Waals surface area contributed by atoms with Crippen molar-refractivity contribution in [2.75, 3.05) is 17.8 Å². The molecule has 4 rings (SSSR count). The molecule has 0 aliphatic carbocycles. The zero-order valence-electron chi connectivity index (χ0n) is 16.1. The third kappa shape index (κ3) is 3.80. The van der Waals surface area contributed by atoms with Crippen molar-refractivity contribution in [1.82, 2.24) is 24.5 Å². The van der Waals surface area contributed by atoms with Gasteiger partial charge in [-0.3, -0.25) is 4.72 Å². The first kappa shape index (κ1) is 20.4. The molecular formula is C18H20N6O4S2. The van der Waals surface area contributed by atoms with Crippen LogP contribution in [0.3, 0.4) is 0 Å². The Morgan fingerprint density at radius 1 is 0.933 bits per heavy atom. The summed E-state index contributed by atoms with van der Waals surface area (Å²) in [5, 5.41) is 11.0. The van der Waals surface area contributed by atoms with Gasteiger partial charge in [0.2, 0.25) is 10.0 Å². The lowest BCUT2D eigenvalue weighted by Crippen LogP contribution is -2.27. The lowest BCUT2D eigenvalue weighted by molar-refractivity contribution is 0.477. The first-order chi connectivity index (χ1) is 14.3. The number of aromatic nitrogens is 4. The van der Waals surface area contributed by atoms with E-state index in [0.717, 1.165) is 12.8 Å². The second-order valence-electron chi connectivity index (χ2n) is 6.89. The minimum atomic E-state index is -3.92. The molecule has 0 spiro atoms. The maximum atomic E-state index is 12.9. The molecule has 1 saturated heterocycles. The molecule has 12 heteroatoms. The van der Waals surface area contributed by atoms with Crippen LogP contribution in [-0.2, 0) is 20.0 Å². The average Bonchev–Trinajstić information content (AvgIpc) is 3.44. The summed E-state index contributed by atoms with van der Waals surface area (Å²) in [4.78, 5) is 0.0512. The highest BCUT2D eigenvalue weighted by atomic mass is 32.2. The van der Waals surface area contributed by atoms with Crippen molar-refractivity contribution in [1.29, 1.82) is 0 Å². The van der Waals surface area contributed by atoms with Crippen molar-refractivity contribution in [3.05, 3.63) is 54.4 Å². The Morgan fingerprint density at radius 3 is 2.23 bits per heavy atom. The van der Waals surface area contributed by atoms with Gasteiger partial charge >= 0.3 is 0 Å². The van der Waals surface area contributed by atoms with Crippen molar-refractivity contribution in [2.24, 2.45) is 0 Å². The zero-order chi connectivity index (χ0) is 21.4. The SMILES string of the molecule is Cc1c(NS(=O)(=O)c2ccc(S(=O)(=O)N3CCCC3)cc2)cccc1-n1cnnn1. The van der Waals surface area contributed by atoms with Crippen LogP contribution in [0, 0.1) is 6.92 Å². The van der Waals surface area contributed by atoms with Crippen LogP contribution in [0.25, 0.3) is 5.69 Å². The normalized spacial score (nSPS) is 15.4. The van der Waals surface area contributed by atoms with Gasteiger partial charge in [0.15, 0.2) is 0 Å². The number of benzene rings is 2. The Kier molecular flexibility index (Phi) is 5.30. The van der Waals surface area contributed by atoms with Gasteiger partial charge in [-0.1, -0.05) is 6.07 Å². The monoisotopic (exact) mass is 448 g/mol. The molecule has 158 valence electrons. The highest BCUT2D eigenvalue weighted by Crippen LogP contribution is 2.26. The van der Waals surface area contributed by atoms with E-state index >= 15 is 0 Å². The van der Waals surface area contributed by atoms with Crippen molar-refractivity contribution in [3.8, 4) is 5.69 Å². The Morgan fingerprint density at radius 2 is 1.60 bits per heavy atom. The Bertz CT molecular complexity index is 1250. The van der Waals surface area contributed by atoms with Crippen LogP contribution in [0.1, 0.15) is 18.4 Å². The molecule has 0 atom stereocenters. The van der Waals surface area contributed by atoms with Crippen LogP contribution < -0.4 is 4.72 Å². The third-order valence-corrected chi connectivity index (χ3v) is 8.28. The molecule has 1 aliphatic heterocycles. The topological polar surface area (TPSA) is 127 Å². The summed E-state index contributed by atoms with van der Waals surface area (Å²) in [5.74, 6) is 0. The van der Waals surface area contributed by atoms with E-state index in [0.29, 0.717) is 30.0 Å². The summed E-state index contributed by atoms with van der Waals surface area (Å²) in [5.41, 5.74) is 1.64. The highest BCUT2D eigenvalue weighted by molar-refractivity contribution is 7.92. The minimum Gasteiger partial charge on any atom is -0.279 e. The van der Waals surface area contributed by atoms with Gasteiger partial charge in [-0.25, -0.2) is 21.5 Å². The number of nitrogens with zero attached hydrogens (tertiary/aromatic N) is 5. The number of hydrogen-bond donors (Lipinski definition) is 1. The summed E-state index contributed by atoms with van der Waals surface area (Å²) in [7, 11) is -7.52. The van der Waals surface area contributed by atoms with Crippen LogP contribution in [-0.4, -0.2) is 54.4 Å². The summed E-state index contributed by atoms with van der Waals surface area (Å²) >= 11 is 0. The molecule has 3 aromatic rings. The lowest BCUT2D eigenvalue weighted by Gasteiger charge is -2.16. The van der Waals surface area contributed by atoms with E-state index in [-0.39, 0.29) is 9.79 Å². The number of hydrogen-bond acceptors (Lipinski definition) is 7. The Labute approximate surface area is 174 Å². The van der Waals surface area contributed by atoms with Gasteiger partial charge in [0.05, 0.1) is 21.2 Å². The largest absolute Gasteiger partial charge is 0.279 e. The quantitative estimate of drug-likeness (QED) is 0.606. The van der Waals surface area contributed by atoms with E-state index < -0.39 is 20.0 Å². The Balaban J connectivity index is 1.60. The summed E-state index contributed by atoms with van der Waals surface area (Å²) in [6.07, 6.45) is 3.08. The zero-order valence-corrected chi connectivity index (χ0v) is 17.8. The van der Waals surface area contributed by atoms with E-state index in [2.05, 4.69) is 20.2 Å². The summed E-state index contributed by atoms with van der Waals surface area (Å²) in [6.45, 7) is 2.72. The maximum absolute atomic E-state index is 12.9. The second-order valence-corrected chi connectivity index (χ2v) is 10.5. The van der Waals surface area contributed by atoms with Crippen molar-refractivity contribution >= 4 is 25.7 Å². The van der Waals surface area contributed by atoms with Crippen molar-refractivity contribution < 1.29 is 16.8 Å². The van der Waals surface area contributed by atoms with Crippen molar-refractivity contribution in [3.63, 3.8) is 0 Å². The van der Waals surface area contributed by atoms with Gasteiger partial charge < -0.3 is 0 Å². The second kappa shape index (κ2) is 7.78. The van der Waals surface area contributed by atoms with Crippen LogP contribution in [0.5, 0.6) is 0 Å². The molecule has 1 aliphatic rings. The van der Waals surface area contributed by atoms with Gasteiger partial charge in [0.25, 0.3) is 10.0 Å². The maximum Gasteiger partial charge on any atom is 0.261 e. The first-order valence-electron chi connectivity index (χ1n) is 9.25. The standard InChI is InChI=1S/C18H20N6O4S2/c1-14-17(5-4-6-18(14)24-13-19-21-22-24)20-29(25,26)15-7-9-16(10-8-15)30(27,28)23-11-2-3-12-23/h4-10,13,20H,2-3,11-12H2,1H3. The average molecular weight is 449 g/mol. The van der Waals surface area contributed by atoms with Gasteiger partial charge in [-0.15, -0.1) is 5.10 Å². The number of sulfonamides is 2. The molecule has 1 aromatic heterocycles. The van der Waals surface area contributed by atoms with Gasteiger partial charge in [-0.05, 0) is 72.2 Å². The van der Waals surface area contributed by atoms with E-state index in [4.69, 9.17) is 0 Å². The number of anilines is 1.